The second-order valence-corrected chi connectivity index (χ2v) is 2.67. The molecular formula is C8H9N3. The van der Waals surface area contributed by atoms with Crippen LogP contribution in [0.4, 0.5) is 0 Å². The highest BCUT2D eigenvalue weighted by Gasteiger charge is 2.00. The summed E-state index contributed by atoms with van der Waals surface area (Å²) in [6, 6.07) is 2.10. The molecule has 11 heavy (non-hydrogen) atoms. The lowest BCUT2D eigenvalue weighted by molar-refractivity contribution is 0.871. The van der Waals surface area contributed by atoms with Crippen LogP contribution in [0.3, 0.4) is 0 Å². The van der Waals surface area contributed by atoms with Gasteiger partial charge in [-0.3, -0.25) is 0 Å². The highest BCUT2D eigenvalue weighted by molar-refractivity contribution is 5.53. The molecule has 0 bridgehead atoms. The first-order chi connectivity index (χ1) is 5.29. The van der Waals surface area contributed by atoms with Gasteiger partial charge in [0, 0.05) is 5.69 Å². The van der Waals surface area contributed by atoms with Crippen LogP contribution >= 0.6 is 0 Å². The molecule has 0 fully saturated rings. The second kappa shape index (κ2) is 2.05. The zero-order valence-corrected chi connectivity index (χ0v) is 6.57. The summed E-state index contributed by atoms with van der Waals surface area (Å²) in [5.41, 5.74) is 3.47. The molecule has 0 atom stereocenters. The highest BCUT2D eigenvalue weighted by Crippen LogP contribution is 2.11. The lowest BCUT2D eigenvalue weighted by Gasteiger charge is -1.92. The van der Waals surface area contributed by atoms with Crippen LogP contribution < -0.4 is 0 Å². The standard InChI is InChI=1S/C8H9N3/c1-6-3-7(2)11-8(6)4-9-5-10-11/h3-5H,1-2H3. The van der Waals surface area contributed by atoms with Crippen LogP contribution in [-0.4, -0.2) is 14.6 Å². The maximum Gasteiger partial charge on any atom is 0.136 e. The van der Waals surface area contributed by atoms with Crippen molar-refractivity contribution in [3.05, 3.63) is 29.8 Å². The van der Waals surface area contributed by atoms with Gasteiger partial charge in [0.05, 0.1) is 11.7 Å². The summed E-state index contributed by atoms with van der Waals surface area (Å²) in [6.07, 6.45) is 3.38. The number of hydrogen-bond acceptors (Lipinski definition) is 2. The van der Waals surface area contributed by atoms with Crippen LogP contribution in [0.1, 0.15) is 11.3 Å². The van der Waals surface area contributed by atoms with Crippen LogP contribution in [-0.2, 0) is 0 Å². The van der Waals surface area contributed by atoms with Crippen molar-refractivity contribution < 1.29 is 0 Å². The number of aromatic nitrogens is 3. The molecule has 0 aromatic carbocycles. The second-order valence-electron chi connectivity index (χ2n) is 2.67. The van der Waals surface area contributed by atoms with E-state index in [0.717, 1.165) is 11.2 Å². The van der Waals surface area contributed by atoms with Crippen LogP contribution in [0, 0.1) is 13.8 Å². The molecular weight excluding hydrogens is 138 g/mol. The third kappa shape index (κ3) is 0.808. The van der Waals surface area contributed by atoms with Crippen molar-refractivity contribution in [3.8, 4) is 0 Å². The summed E-state index contributed by atoms with van der Waals surface area (Å²) in [6.45, 7) is 4.10. The molecule has 0 radical (unpaired) electrons. The van der Waals surface area contributed by atoms with Gasteiger partial charge >= 0.3 is 0 Å². The van der Waals surface area contributed by atoms with E-state index in [9.17, 15) is 0 Å². The Balaban J connectivity index is 2.95. The van der Waals surface area contributed by atoms with E-state index in [0.29, 0.717) is 0 Å². The molecule has 2 heterocycles. The Morgan fingerprint density at radius 1 is 1.36 bits per heavy atom. The largest absolute Gasteiger partial charge is 0.241 e. The third-order valence-electron chi connectivity index (χ3n) is 1.82. The van der Waals surface area contributed by atoms with Crippen molar-refractivity contribution in [2.75, 3.05) is 0 Å². The quantitative estimate of drug-likeness (QED) is 0.563. The van der Waals surface area contributed by atoms with E-state index in [2.05, 4.69) is 23.1 Å². The molecule has 56 valence electrons. The first-order valence-corrected chi connectivity index (χ1v) is 3.54. The van der Waals surface area contributed by atoms with E-state index in [1.54, 1.807) is 6.33 Å². The number of fused-ring (bicyclic) bond motifs is 1. The fraction of sp³-hybridized carbons (Fsp3) is 0.250. The number of rotatable bonds is 0. The minimum absolute atomic E-state index is 1.09. The molecule has 2 rings (SSSR count). The summed E-state index contributed by atoms with van der Waals surface area (Å²) in [4.78, 5) is 3.96. The van der Waals surface area contributed by atoms with Crippen molar-refractivity contribution >= 4 is 5.52 Å². The Kier molecular flexibility index (Phi) is 1.18. The maximum absolute atomic E-state index is 4.11. The van der Waals surface area contributed by atoms with Gasteiger partial charge in [0.25, 0.3) is 0 Å². The molecule has 0 N–H and O–H groups in total. The van der Waals surface area contributed by atoms with Crippen LogP contribution in [0.2, 0.25) is 0 Å². The van der Waals surface area contributed by atoms with Gasteiger partial charge in [0.1, 0.15) is 6.33 Å². The lowest BCUT2D eigenvalue weighted by atomic mass is 10.3. The molecule has 0 aliphatic rings. The van der Waals surface area contributed by atoms with Crippen molar-refractivity contribution in [3.63, 3.8) is 0 Å². The summed E-state index contributed by atoms with van der Waals surface area (Å²) in [5.74, 6) is 0. The first-order valence-electron chi connectivity index (χ1n) is 3.54. The van der Waals surface area contributed by atoms with Gasteiger partial charge < -0.3 is 0 Å². The average molecular weight is 147 g/mol. The molecule has 0 unspecified atom stereocenters. The Morgan fingerprint density at radius 3 is 2.91 bits per heavy atom. The van der Waals surface area contributed by atoms with Gasteiger partial charge in [0.2, 0.25) is 0 Å². The van der Waals surface area contributed by atoms with Crippen molar-refractivity contribution in [2.24, 2.45) is 0 Å². The maximum atomic E-state index is 4.11. The van der Waals surface area contributed by atoms with Gasteiger partial charge in [0.15, 0.2) is 0 Å². The van der Waals surface area contributed by atoms with Crippen LogP contribution in [0.5, 0.6) is 0 Å². The number of nitrogens with zero attached hydrogens (tertiary/aromatic N) is 3. The number of aryl methyl sites for hydroxylation is 2. The fourth-order valence-corrected chi connectivity index (χ4v) is 1.30. The van der Waals surface area contributed by atoms with E-state index in [1.807, 2.05) is 17.6 Å². The predicted octanol–water partition coefficient (Wildman–Crippen LogP) is 1.35. The van der Waals surface area contributed by atoms with E-state index in [-0.39, 0.29) is 0 Å². The minimum atomic E-state index is 1.09. The zero-order chi connectivity index (χ0) is 7.84. The van der Waals surface area contributed by atoms with Crippen molar-refractivity contribution in [1.29, 1.82) is 0 Å². The molecule has 3 heteroatoms. The summed E-state index contributed by atoms with van der Waals surface area (Å²) < 4.78 is 1.89. The molecule has 0 aliphatic heterocycles. The molecule has 0 saturated heterocycles. The molecule has 2 aromatic rings. The summed E-state index contributed by atoms with van der Waals surface area (Å²) in [5, 5.41) is 4.11. The Bertz CT molecular complexity index is 353. The predicted molar refractivity (Wildman–Crippen MR) is 42.5 cm³/mol. The first kappa shape index (κ1) is 6.34. The number of hydrogen-bond donors (Lipinski definition) is 0. The van der Waals surface area contributed by atoms with E-state index in [4.69, 9.17) is 0 Å². The van der Waals surface area contributed by atoms with E-state index in [1.165, 1.54) is 5.56 Å². The SMILES string of the molecule is Cc1cc(C)n2ncncc12. The lowest BCUT2D eigenvalue weighted by Crippen LogP contribution is -1.92. The molecule has 2 aromatic heterocycles. The smallest absolute Gasteiger partial charge is 0.136 e. The molecule has 0 aliphatic carbocycles. The Labute approximate surface area is 64.7 Å². The Hall–Kier alpha value is -1.38. The van der Waals surface area contributed by atoms with Gasteiger partial charge in [-0.25, -0.2) is 9.50 Å². The van der Waals surface area contributed by atoms with Gasteiger partial charge in [-0.2, -0.15) is 5.10 Å². The molecule has 3 nitrogen and oxygen atoms in total. The van der Waals surface area contributed by atoms with Gasteiger partial charge in [-0.15, -0.1) is 0 Å². The normalized spacial score (nSPS) is 10.7. The fourth-order valence-electron chi connectivity index (χ4n) is 1.30. The summed E-state index contributed by atoms with van der Waals surface area (Å²) >= 11 is 0. The van der Waals surface area contributed by atoms with Gasteiger partial charge in [-0.1, -0.05) is 0 Å². The zero-order valence-electron chi connectivity index (χ0n) is 6.57. The monoisotopic (exact) mass is 147 g/mol. The van der Waals surface area contributed by atoms with Crippen LogP contribution in [0.25, 0.3) is 5.52 Å². The molecule has 0 spiro atoms. The highest BCUT2D eigenvalue weighted by atomic mass is 15.2. The Morgan fingerprint density at radius 2 is 2.18 bits per heavy atom. The van der Waals surface area contributed by atoms with Gasteiger partial charge in [-0.05, 0) is 25.5 Å². The molecule has 0 amide bonds. The summed E-state index contributed by atoms with van der Waals surface area (Å²) in [7, 11) is 0. The minimum Gasteiger partial charge on any atom is -0.241 e. The topological polar surface area (TPSA) is 30.2 Å². The third-order valence-corrected chi connectivity index (χ3v) is 1.82. The van der Waals surface area contributed by atoms with Crippen molar-refractivity contribution in [2.45, 2.75) is 13.8 Å². The van der Waals surface area contributed by atoms with Crippen LogP contribution in [0.15, 0.2) is 18.6 Å². The van der Waals surface area contributed by atoms with E-state index < -0.39 is 0 Å². The van der Waals surface area contributed by atoms with Crippen molar-refractivity contribution in [1.82, 2.24) is 14.6 Å². The van der Waals surface area contributed by atoms with E-state index >= 15 is 0 Å². The average Bonchev–Trinajstić information content (AvgIpc) is 2.30. The molecule has 0 saturated carbocycles.